The molecular formula is C27H32N2O6. The van der Waals surface area contributed by atoms with Crippen molar-refractivity contribution < 1.29 is 28.6 Å². The third-order valence-corrected chi connectivity index (χ3v) is 5.51. The summed E-state index contributed by atoms with van der Waals surface area (Å²) in [6, 6.07) is 11.6. The van der Waals surface area contributed by atoms with Crippen molar-refractivity contribution in [1.29, 1.82) is 0 Å². The van der Waals surface area contributed by atoms with Crippen molar-refractivity contribution in [3.8, 4) is 11.5 Å². The smallest absolute Gasteiger partial charge is 0.338 e. The molecule has 0 aliphatic carbocycles. The number of allylic oxidation sites excluding steroid dienone is 2. The number of rotatable bonds is 12. The molecule has 0 aromatic heterocycles. The molecule has 2 aromatic carbocycles. The van der Waals surface area contributed by atoms with Crippen LogP contribution in [0.1, 0.15) is 35.7 Å². The van der Waals surface area contributed by atoms with Gasteiger partial charge in [0.25, 0.3) is 0 Å². The second-order valence-electron chi connectivity index (χ2n) is 7.77. The van der Waals surface area contributed by atoms with E-state index >= 15 is 0 Å². The Labute approximate surface area is 206 Å². The van der Waals surface area contributed by atoms with Gasteiger partial charge in [-0.2, -0.15) is 0 Å². The normalized spacial score (nSPS) is 10.6. The Morgan fingerprint density at radius 1 is 0.914 bits per heavy atom. The van der Waals surface area contributed by atoms with Gasteiger partial charge in [-0.05, 0) is 61.7 Å². The summed E-state index contributed by atoms with van der Waals surface area (Å²) in [6.45, 7) is 9.87. The van der Waals surface area contributed by atoms with E-state index in [-0.39, 0.29) is 13.2 Å². The monoisotopic (exact) mass is 480 g/mol. The predicted octanol–water partition coefficient (Wildman–Crippen LogP) is 4.03. The van der Waals surface area contributed by atoms with Gasteiger partial charge in [-0.1, -0.05) is 18.2 Å². The van der Waals surface area contributed by atoms with Gasteiger partial charge in [-0.3, -0.25) is 9.59 Å². The summed E-state index contributed by atoms with van der Waals surface area (Å²) in [7, 11) is 3.11. The number of hydrogen-bond donors (Lipinski definition) is 2. The lowest BCUT2D eigenvalue weighted by Gasteiger charge is -2.33. The summed E-state index contributed by atoms with van der Waals surface area (Å²) in [5, 5.41) is 5.26. The standard InChI is InChI=1S/C27H32N2O6/c1-6-15-27(16-7-2,20-11-14-22(33-4)23(17-20)34-5)18-28-24(30)25(31)29-21-12-9-19(10-13-21)26(32)35-8-3/h6-7,9-14,17H,1-2,8,15-16,18H2,3-5H3,(H,28,30)(H,29,31). The summed E-state index contributed by atoms with van der Waals surface area (Å²) < 4.78 is 15.7. The molecule has 0 spiro atoms. The van der Waals surface area contributed by atoms with E-state index in [4.69, 9.17) is 14.2 Å². The van der Waals surface area contributed by atoms with Crippen molar-refractivity contribution in [1.82, 2.24) is 5.32 Å². The van der Waals surface area contributed by atoms with Gasteiger partial charge in [0.05, 0.1) is 26.4 Å². The number of carbonyl (C=O) groups excluding carboxylic acids is 3. The maximum Gasteiger partial charge on any atom is 0.338 e. The average molecular weight is 481 g/mol. The summed E-state index contributed by atoms with van der Waals surface area (Å²) in [6.07, 6.45) is 4.56. The Kier molecular flexibility index (Phi) is 10.1. The van der Waals surface area contributed by atoms with Crippen molar-refractivity contribution in [2.45, 2.75) is 25.2 Å². The van der Waals surface area contributed by atoms with Gasteiger partial charge in [0.15, 0.2) is 11.5 Å². The van der Waals surface area contributed by atoms with Crippen molar-refractivity contribution in [3.63, 3.8) is 0 Å². The van der Waals surface area contributed by atoms with Gasteiger partial charge in [-0.15, -0.1) is 13.2 Å². The molecule has 0 heterocycles. The fraction of sp³-hybridized carbons (Fsp3) is 0.296. The summed E-state index contributed by atoms with van der Waals surface area (Å²) >= 11 is 0. The van der Waals surface area contributed by atoms with Crippen LogP contribution in [0, 0.1) is 0 Å². The van der Waals surface area contributed by atoms with E-state index in [0.717, 1.165) is 5.56 Å². The zero-order chi connectivity index (χ0) is 25.8. The van der Waals surface area contributed by atoms with E-state index in [1.54, 1.807) is 39.4 Å². The topological polar surface area (TPSA) is 103 Å². The number of hydrogen-bond acceptors (Lipinski definition) is 6. The summed E-state index contributed by atoms with van der Waals surface area (Å²) in [4.78, 5) is 36.9. The third kappa shape index (κ3) is 6.96. The van der Waals surface area contributed by atoms with E-state index in [1.165, 1.54) is 24.3 Å². The van der Waals surface area contributed by atoms with Crippen LogP contribution in [0.5, 0.6) is 11.5 Å². The molecule has 0 aliphatic heterocycles. The summed E-state index contributed by atoms with van der Waals surface area (Å²) in [5.74, 6) is -0.943. The van der Waals surface area contributed by atoms with Crippen LogP contribution in [0.25, 0.3) is 0 Å². The van der Waals surface area contributed by atoms with Crippen LogP contribution in [-0.4, -0.2) is 45.2 Å². The molecule has 0 fully saturated rings. The first-order valence-corrected chi connectivity index (χ1v) is 11.1. The highest BCUT2D eigenvalue weighted by atomic mass is 16.5. The fourth-order valence-corrected chi connectivity index (χ4v) is 3.71. The van der Waals surface area contributed by atoms with Gasteiger partial charge in [-0.25, -0.2) is 4.79 Å². The van der Waals surface area contributed by atoms with Crippen LogP contribution < -0.4 is 20.1 Å². The zero-order valence-corrected chi connectivity index (χ0v) is 20.4. The van der Waals surface area contributed by atoms with Crippen LogP contribution in [0.3, 0.4) is 0 Å². The number of nitrogens with one attached hydrogen (secondary N) is 2. The quantitative estimate of drug-likeness (QED) is 0.270. The minimum atomic E-state index is -0.827. The van der Waals surface area contributed by atoms with Crippen LogP contribution in [0.2, 0.25) is 0 Å². The third-order valence-electron chi connectivity index (χ3n) is 5.51. The Morgan fingerprint density at radius 2 is 1.54 bits per heavy atom. The molecule has 0 saturated heterocycles. The lowest BCUT2D eigenvalue weighted by Crippen LogP contribution is -2.44. The van der Waals surface area contributed by atoms with Gasteiger partial charge < -0.3 is 24.8 Å². The van der Waals surface area contributed by atoms with Crippen molar-refractivity contribution in [2.24, 2.45) is 0 Å². The summed E-state index contributed by atoms with van der Waals surface area (Å²) in [5.41, 5.74) is 1.01. The van der Waals surface area contributed by atoms with Gasteiger partial charge in [0, 0.05) is 17.6 Å². The largest absolute Gasteiger partial charge is 0.493 e. The van der Waals surface area contributed by atoms with Crippen LogP contribution >= 0.6 is 0 Å². The second-order valence-corrected chi connectivity index (χ2v) is 7.77. The first-order chi connectivity index (χ1) is 16.8. The average Bonchev–Trinajstić information content (AvgIpc) is 2.87. The number of anilines is 1. The van der Waals surface area contributed by atoms with Crippen molar-refractivity contribution in [3.05, 3.63) is 78.9 Å². The molecule has 2 N–H and O–H groups in total. The second kappa shape index (κ2) is 13.0. The molecule has 8 heteroatoms. The maximum atomic E-state index is 12.6. The van der Waals surface area contributed by atoms with Crippen LogP contribution in [0.15, 0.2) is 67.8 Å². The van der Waals surface area contributed by atoms with E-state index in [0.29, 0.717) is 35.6 Å². The molecule has 0 aliphatic rings. The molecule has 0 bridgehead atoms. The van der Waals surface area contributed by atoms with E-state index in [2.05, 4.69) is 23.8 Å². The highest BCUT2D eigenvalue weighted by Gasteiger charge is 2.32. The fourth-order valence-electron chi connectivity index (χ4n) is 3.71. The molecule has 0 unspecified atom stereocenters. The lowest BCUT2D eigenvalue weighted by atomic mass is 9.74. The van der Waals surface area contributed by atoms with Crippen molar-refractivity contribution >= 4 is 23.5 Å². The Bertz CT molecular complexity index is 1050. The van der Waals surface area contributed by atoms with Crippen LogP contribution in [-0.2, 0) is 19.7 Å². The highest BCUT2D eigenvalue weighted by Crippen LogP contribution is 2.37. The van der Waals surface area contributed by atoms with Gasteiger partial charge >= 0.3 is 17.8 Å². The molecule has 8 nitrogen and oxygen atoms in total. The molecule has 2 amide bonds. The van der Waals surface area contributed by atoms with Crippen molar-refractivity contribution in [2.75, 3.05) is 32.7 Å². The van der Waals surface area contributed by atoms with E-state index in [9.17, 15) is 14.4 Å². The number of carbonyl (C=O) groups is 3. The molecule has 186 valence electrons. The maximum absolute atomic E-state index is 12.6. The molecule has 0 saturated carbocycles. The number of benzene rings is 2. The Hall–Kier alpha value is -4.07. The molecule has 2 rings (SSSR count). The van der Waals surface area contributed by atoms with E-state index in [1.807, 2.05) is 12.1 Å². The molecule has 2 aromatic rings. The molecule has 0 atom stereocenters. The molecular weight excluding hydrogens is 448 g/mol. The first-order valence-electron chi connectivity index (χ1n) is 11.1. The zero-order valence-electron chi connectivity index (χ0n) is 20.4. The minimum absolute atomic E-state index is 0.161. The van der Waals surface area contributed by atoms with Gasteiger partial charge in [0.1, 0.15) is 0 Å². The van der Waals surface area contributed by atoms with Gasteiger partial charge in [0.2, 0.25) is 0 Å². The first kappa shape index (κ1) is 27.2. The Morgan fingerprint density at radius 3 is 2.09 bits per heavy atom. The predicted molar refractivity (Wildman–Crippen MR) is 135 cm³/mol. The molecule has 0 radical (unpaired) electrons. The lowest BCUT2D eigenvalue weighted by molar-refractivity contribution is -0.136. The number of ether oxygens (including phenoxy) is 3. The number of methoxy groups -OCH3 is 2. The SMILES string of the molecule is C=CCC(CC=C)(CNC(=O)C(=O)Nc1ccc(C(=O)OCC)cc1)c1ccc(OC)c(OC)c1. The minimum Gasteiger partial charge on any atom is -0.493 e. The Balaban J connectivity index is 2.16. The highest BCUT2D eigenvalue weighted by molar-refractivity contribution is 6.39. The van der Waals surface area contributed by atoms with Crippen LogP contribution in [0.4, 0.5) is 5.69 Å². The number of esters is 1. The van der Waals surface area contributed by atoms with E-state index < -0.39 is 23.2 Å². The number of amides is 2. The molecule has 35 heavy (non-hydrogen) atoms.